The van der Waals surface area contributed by atoms with Crippen LogP contribution in [-0.4, -0.2) is 25.3 Å². The smallest absolute Gasteiger partial charge is 0.0802 e. The van der Waals surface area contributed by atoms with Gasteiger partial charge in [0.1, 0.15) is 0 Å². The lowest BCUT2D eigenvalue weighted by Crippen LogP contribution is -2.46. The van der Waals surface area contributed by atoms with Gasteiger partial charge in [0.05, 0.1) is 5.60 Å². The first-order valence-corrected chi connectivity index (χ1v) is 7.36. The van der Waals surface area contributed by atoms with Gasteiger partial charge in [0, 0.05) is 25.7 Å². The Morgan fingerprint density at radius 1 is 1.32 bits per heavy atom. The molecule has 0 heterocycles. The number of benzene rings is 1. The summed E-state index contributed by atoms with van der Waals surface area (Å²) in [4.78, 5) is 0. The van der Waals surface area contributed by atoms with E-state index in [4.69, 9.17) is 10.5 Å². The third kappa shape index (κ3) is 2.42. The number of nitrogens with two attached hydrogens (primary N) is 1. The van der Waals surface area contributed by atoms with E-state index >= 15 is 0 Å². The van der Waals surface area contributed by atoms with E-state index in [1.165, 1.54) is 36.8 Å². The molecule has 1 fully saturated rings. The summed E-state index contributed by atoms with van der Waals surface area (Å²) in [7, 11) is 1.84. The maximum absolute atomic E-state index is 6.36. The molecule has 0 bridgehead atoms. The average molecular weight is 260 g/mol. The molecule has 3 N–H and O–H groups in total. The highest BCUT2D eigenvalue weighted by Gasteiger charge is 2.36. The van der Waals surface area contributed by atoms with E-state index in [9.17, 15) is 0 Å². The first-order valence-electron chi connectivity index (χ1n) is 7.36. The van der Waals surface area contributed by atoms with Gasteiger partial charge in [0.15, 0.2) is 0 Å². The average Bonchev–Trinajstić information content (AvgIpc) is 3.03. The van der Waals surface area contributed by atoms with Crippen molar-refractivity contribution in [3.63, 3.8) is 0 Å². The molecule has 1 saturated carbocycles. The van der Waals surface area contributed by atoms with E-state index in [1.54, 1.807) is 0 Å². The molecule has 2 aliphatic carbocycles. The zero-order chi connectivity index (χ0) is 13.3. The largest absolute Gasteiger partial charge is 0.377 e. The maximum Gasteiger partial charge on any atom is 0.0802 e. The second-order valence-electron chi connectivity index (χ2n) is 6.01. The Bertz CT molecular complexity index is 440. The summed E-state index contributed by atoms with van der Waals surface area (Å²) < 4.78 is 5.77. The van der Waals surface area contributed by atoms with Gasteiger partial charge in [-0.2, -0.15) is 0 Å². The summed E-state index contributed by atoms with van der Waals surface area (Å²) in [6.07, 6.45) is 5.95. The van der Waals surface area contributed by atoms with E-state index in [1.807, 2.05) is 7.11 Å². The van der Waals surface area contributed by atoms with Crippen molar-refractivity contribution >= 4 is 0 Å². The predicted octanol–water partition coefficient (Wildman–Crippen LogP) is 2.16. The monoisotopic (exact) mass is 260 g/mol. The van der Waals surface area contributed by atoms with E-state index in [-0.39, 0.29) is 11.6 Å². The molecule has 1 aromatic carbocycles. The highest BCUT2D eigenvalue weighted by Crippen LogP contribution is 2.34. The van der Waals surface area contributed by atoms with Crippen LogP contribution < -0.4 is 11.1 Å². The molecule has 0 saturated heterocycles. The van der Waals surface area contributed by atoms with E-state index in [0.29, 0.717) is 6.04 Å². The maximum atomic E-state index is 6.36. The van der Waals surface area contributed by atoms with Gasteiger partial charge in [-0.3, -0.25) is 0 Å². The Labute approximate surface area is 115 Å². The Morgan fingerprint density at radius 2 is 2.05 bits per heavy atom. The summed E-state index contributed by atoms with van der Waals surface area (Å²) in [6.45, 7) is 0.926. The topological polar surface area (TPSA) is 47.3 Å². The number of fused-ring (bicyclic) bond motifs is 1. The van der Waals surface area contributed by atoms with Crippen molar-refractivity contribution in [3.8, 4) is 0 Å². The SMILES string of the molecule is COC1(CN[C@@H]2Cc3ccccc3[C@H]2N)CCCC1. The number of rotatable bonds is 4. The molecule has 19 heavy (non-hydrogen) atoms. The molecule has 0 amide bonds. The van der Waals surface area contributed by atoms with Crippen LogP contribution in [0.5, 0.6) is 0 Å². The Kier molecular flexibility index (Phi) is 3.61. The quantitative estimate of drug-likeness (QED) is 0.872. The molecule has 0 unspecified atom stereocenters. The van der Waals surface area contributed by atoms with Gasteiger partial charge in [-0.05, 0) is 30.4 Å². The Hall–Kier alpha value is -0.900. The third-order valence-electron chi connectivity index (χ3n) is 4.92. The molecule has 104 valence electrons. The first kappa shape index (κ1) is 13.1. The molecular formula is C16H24N2O. The fraction of sp³-hybridized carbons (Fsp3) is 0.625. The van der Waals surface area contributed by atoms with Gasteiger partial charge >= 0.3 is 0 Å². The normalized spacial score (nSPS) is 28.5. The van der Waals surface area contributed by atoms with Crippen LogP contribution in [0, 0.1) is 0 Å². The van der Waals surface area contributed by atoms with Gasteiger partial charge in [-0.25, -0.2) is 0 Å². The van der Waals surface area contributed by atoms with Gasteiger partial charge in [-0.15, -0.1) is 0 Å². The second-order valence-corrected chi connectivity index (χ2v) is 6.01. The summed E-state index contributed by atoms with van der Waals surface area (Å²) in [5, 5.41) is 3.66. The standard InChI is InChI=1S/C16H24N2O/c1-19-16(8-4-5-9-16)11-18-14-10-12-6-2-3-7-13(12)15(14)17/h2-3,6-7,14-15,18H,4-5,8-11,17H2,1H3/t14-,15-/m1/s1. The molecular weight excluding hydrogens is 236 g/mol. The third-order valence-corrected chi connectivity index (χ3v) is 4.92. The van der Waals surface area contributed by atoms with Crippen molar-refractivity contribution < 1.29 is 4.74 Å². The molecule has 0 aliphatic heterocycles. The minimum atomic E-state index is 0.0501. The lowest BCUT2D eigenvalue weighted by atomic mass is 10.0. The number of methoxy groups -OCH3 is 1. The summed E-state index contributed by atoms with van der Waals surface area (Å²) in [6, 6.07) is 8.99. The molecule has 2 atom stereocenters. The number of hydrogen-bond acceptors (Lipinski definition) is 3. The van der Waals surface area contributed by atoms with Crippen LogP contribution in [0.2, 0.25) is 0 Å². The second kappa shape index (κ2) is 5.23. The van der Waals surface area contributed by atoms with Crippen molar-refractivity contribution in [1.29, 1.82) is 0 Å². The van der Waals surface area contributed by atoms with E-state index in [2.05, 4.69) is 29.6 Å². The number of nitrogens with one attached hydrogen (secondary N) is 1. The van der Waals surface area contributed by atoms with Crippen LogP contribution in [0.4, 0.5) is 0 Å². The molecule has 0 radical (unpaired) electrons. The molecule has 2 aliphatic rings. The van der Waals surface area contributed by atoms with Crippen LogP contribution in [-0.2, 0) is 11.2 Å². The van der Waals surface area contributed by atoms with Crippen LogP contribution in [0.3, 0.4) is 0 Å². The van der Waals surface area contributed by atoms with E-state index in [0.717, 1.165) is 13.0 Å². The molecule has 0 spiro atoms. The zero-order valence-electron chi connectivity index (χ0n) is 11.7. The molecule has 3 rings (SSSR count). The van der Waals surface area contributed by atoms with Crippen molar-refractivity contribution in [2.45, 2.75) is 49.8 Å². The fourth-order valence-electron chi connectivity index (χ4n) is 3.61. The zero-order valence-corrected chi connectivity index (χ0v) is 11.7. The molecule has 0 aromatic heterocycles. The van der Waals surface area contributed by atoms with Crippen LogP contribution in [0.15, 0.2) is 24.3 Å². The highest BCUT2D eigenvalue weighted by atomic mass is 16.5. The molecule has 3 nitrogen and oxygen atoms in total. The van der Waals surface area contributed by atoms with Crippen molar-refractivity contribution in [2.75, 3.05) is 13.7 Å². The molecule has 1 aromatic rings. The number of hydrogen-bond donors (Lipinski definition) is 2. The van der Waals surface area contributed by atoms with Crippen molar-refractivity contribution in [2.24, 2.45) is 5.73 Å². The highest BCUT2D eigenvalue weighted by molar-refractivity contribution is 5.36. The Balaban J connectivity index is 1.63. The lowest BCUT2D eigenvalue weighted by molar-refractivity contribution is -0.00554. The lowest BCUT2D eigenvalue weighted by Gasteiger charge is -2.30. The van der Waals surface area contributed by atoms with Crippen molar-refractivity contribution in [3.05, 3.63) is 35.4 Å². The van der Waals surface area contributed by atoms with Gasteiger partial charge in [-0.1, -0.05) is 37.1 Å². The molecule has 3 heteroatoms. The van der Waals surface area contributed by atoms with Crippen LogP contribution in [0.25, 0.3) is 0 Å². The summed E-state index contributed by atoms with van der Waals surface area (Å²) >= 11 is 0. The minimum absolute atomic E-state index is 0.0501. The van der Waals surface area contributed by atoms with Crippen molar-refractivity contribution in [1.82, 2.24) is 5.32 Å². The van der Waals surface area contributed by atoms with Crippen LogP contribution in [0.1, 0.15) is 42.9 Å². The van der Waals surface area contributed by atoms with Gasteiger partial charge in [0.25, 0.3) is 0 Å². The van der Waals surface area contributed by atoms with E-state index < -0.39 is 0 Å². The minimum Gasteiger partial charge on any atom is -0.377 e. The number of ether oxygens (including phenoxy) is 1. The van der Waals surface area contributed by atoms with Gasteiger partial charge < -0.3 is 15.8 Å². The van der Waals surface area contributed by atoms with Gasteiger partial charge in [0.2, 0.25) is 0 Å². The Morgan fingerprint density at radius 3 is 2.74 bits per heavy atom. The summed E-state index contributed by atoms with van der Waals surface area (Å²) in [5.41, 5.74) is 9.10. The fourth-order valence-corrected chi connectivity index (χ4v) is 3.61. The summed E-state index contributed by atoms with van der Waals surface area (Å²) in [5.74, 6) is 0. The predicted molar refractivity (Wildman–Crippen MR) is 77.1 cm³/mol. The van der Waals surface area contributed by atoms with Crippen LogP contribution >= 0.6 is 0 Å². The first-order chi connectivity index (χ1) is 9.24.